The molecule has 0 N–H and O–H groups in total. The van der Waals surface area contributed by atoms with Crippen molar-refractivity contribution in [1.82, 2.24) is 4.98 Å². The van der Waals surface area contributed by atoms with Crippen molar-refractivity contribution in [3.05, 3.63) is 192 Å². The highest BCUT2D eigenvalue weighted by Gasteiger charge is 2.37. The lowest BCUT2D eigenvalue weighted by Crippen LogP contribution is -2.18. The molecule has 0 amide bonds. The maximum atomic E-state index is 6.34. The van der Waals surface area contributed by atoms with Gasteiger partial charge in [-0.1, -0.05) is 131 Å². The van der Waals surface area contributed by atoms with Gasteiger partial charge in [0, 0.05) is 38.8 Å². The lowest BCUT2D eigenvalue weighted by Gasteiger charge is -2.30. The monoisotopic (exact) mass is 720 g/mol. The second-order valence-corrected chi connectivity index (χ2v) is 16.4. The minimum absolute atomic E-state index is 0.102. The second kappa shape index (κ2) is 11.9. The lowest BCUT2D eigenvalue weighted by atomic mass is 9.82. The first kappa shape index (κ1) is 32.7. The molecule has 2 aliphatic carbocycles. The van der Waals surface area contributed by atoms with Crippen LogP contribution in [0, 0.1) is 0 Å². The van der Waals surface area contributed by atoms with Gasteiger partial charge >= 0.3 is 0 Å². The van der Waals surface area contributed by atoms with Crippen LogP contribution in [0.1, 0.15) is 49.9 Å². The average Bonchev–Trinajstić information content (AvgIpc) is 3.85. The first-order chi connectivity index (χ1) is 27.3. The summed E-state index contributed by atoms with van der Waals surface area (Å²) in [7, 11) is 0. The summed E-state index contributed by atoms with van der Waals surface area (Å²) >= 11 is 0. The fraction of sp³-hybridized carbons (Fsp3) is 0.113. The Kier molecular flexibility index (Phi) is 6.94. The van der Waals surface area contributed by atoms with Crippen molar-refractivity contribution in [1.29, 1.82) is 0 Å². The van der Waals surface area contributed by atoms with Crippen molar-refractivity contribution in [2.75, 3.05) is 4.90 Å². The van der Waals surface area contributed by atoms with Crippen molar-refractivity contribution < 1.29 is 4.42 Å². The zero-order valence-corrected chi connectivity index (χ0v) is 32.0. The number of nitrogens with zero attached hydrogens (tertiary/aromatic N) is 2. The van der Waals surface area contributed by atoms with Gasteiger partial charge in [-0.2, -0.15) is 0 Å². The van der Waals surface area contributed by atoms with Crippen LogP contribution in [0.15, 0.2) is 174 Å². The zero-order valence-electron chi connectivity index (χ0n) is 32.0. The number of hydrogen-bond acceptors (Lipinski definition) is 3. The SMILES string of the molecule is CC1(C)c2ccccc2-c2ccc(N(c3ccc(-c4ccc5c(ccc6nc(-c7ccccc7)oc65)c4)cc3)c3ccc4c(c3)C(C)(C)c3ccccc3-4)cc21. The van der Waals surface area contributed by atoms with Gasteiger partial charge in [-0.15, -0.1) is 0 Å². The molecule has 0 spiro atoms. The van der Waals surface area contributed by atoms with E-state index in [1.54, 1.807) is 0 Å². The third kappa shape index (κ3) is 4.80. The van der Waals surface area contributed by atoms with Crippen molar-refractivity contribution in [2.45, 2.75) is 38.5 Å². The summed E-state index contributed by atoms with van der Waals surface area (Å²) < 4.78 is 6.34. The van der Waals surface area contributed by atoms with Crippen LogP contribution >= 0.6 is 0 Å². The van der Waals surface area contributed by atoms with Gasteiger partial charge < -0.3 is 9.32 Å². The summed E-state index contributed by atoms with van der Waals surface area (Å²) in [5.74, 6) is 0.644. The maximum Gasteiger partial charge on any atom is 0.227 e. The van der Waals surface area contributed by atoms with Gasteiger partial charge in [-0.25, -0.2) is 4.98 Å². The quantitative estimate of drug-likeness (QED) is 0.177. The van der Waals surface area contributed by atoms with E-state index in [-0.39, 0.29) is 10.8 Å². The summed E-state index contributed by atoms with van der Waals surface area (Å²) in [6, 6.07) is 61.8. The topological polar surface area (TPSA) is 29.3 Å². The van der Waals surface area contributed by atoms with Crippen LogP contribution in [0.2, 0.25) is 0 Å². The summed E-state index contributed by atoms with van der Waals surface area (Å²) in [6.07, 6.45) is 0. The van der Waals surface area contributed by atoms with Gasteiger partial charge in [-0.3, -0.25) is 0 Å². The summed E-state index contributed by atoms with van der Waals surface area (Å²) in [6.45, 7) is 9.42. The highest BCUT2D eigenvalue weighted by Crippen LogP contribution is 2.53. The van der Waals surface area contributed by atoms with Crippen molar-refractivity contribution in [2.24, 2.45) is 0 Å². The molecule has 268 valence electrons. The summed E-state index contributed by atoms with van der Waals surface area (Å²) in [4.78, 5) is 7.23. The summed E-state index contributed by atoms with van der Waals surface area (Å²) in [5.41, 5.74) is 19.0. The lowest BCUT2D eigenvalue weighted by molar-refractivity contribution is 0.623. The number of fused-ring (bicyclic) bond motifs is 9. The molecule has 2 aliphatic rings. The standard InChI is InChI=1S/C53H40N2O/c1-52(2)45-16-10-8-14-41(45)43-27-24-38(31-47(43)52)55(39-25-28-44-42-15-9-11-17-46(42)53(3,4)48(44)32-39)37-22-18-33(19-23-37)35-20-26-40-36(30-35)21-29-49-50(40)56-51(54-49)34-12-6-5-7-13-34/h5-32H,1-4H3. The van der Waals surface area contributed by atoms with Gasteiger partial charge in [0.2, 0.25) is 5.89 Å². The molecule has 11 rings (SSSR count). The number of rotatable bonds is 5. The minimum atomic E-state index is -0.102. The van der Waals surface area contributed by atoms with E-state index in [0.717, 1.165) is 55.6 Å². The Morgan fingerprint density at radius 1 is 0.429 bits per heavy atom. The van der Waals surface area contributed by atoms with E-state index in [4.69, 9.17) is 9.40 Å². The van der Waals surface area contributed by atoms with Crippen molar-refractivity contribution in [3.8, 4) is 44.8 Å². The van der Waals surface area contributed by atoms with Crippen LogP contribution in [0.25, 0.3) is 66.7 Å². The largest absolute Gasteiger partial charge is 0.435 e. The summed E-state index contributed by atoms with van der Waals surface area (Å²) in [5, 5.41) is 2.19. The molecule has 0 saturated heterocycles. The third-order valence-electron chi connectivity index (χ3n) is 12.5. The van der Waals surface area contributed by atoms with Crippen molar-refractivity contribution in [3.63, 3.8) is 0 Å². The molecule has 0 bridgehead atoms. The number of aromatic nitrogens is 1. The highest BCUT2D eigenvalue weighted by molar-refractivity contribution is 6.05. The second-order valence-electron chi connectivity index (χ2n) is 16.4. The van der Waals surface area contributed by atoms with Crippen LogP contribution in [0.4, 0.5) is 17.1 Å². The van der Waals surface area contributed by atoms with Crippen LogP contribution in [0.5, 0.6) is 0 Å². The minimum Gasteiger partial charge on any atom is -0.435 e. The first-order valence-corrected chi connectivity index (χ1v) is 19.5. The maximum absolute atomic E-state index is 6.34. The molecule has 3 heteroatoms. The van der Waals surface area contributed by atoms with Gasteiger partial charge in [0.05, 0.1) is 0 Å². The fourth-order valence-corrected chi connectivity index (χ4v) is 9.51. The van der Waals surface area contributed by atoms with Gasteiger partial charge in [0.25, 0.3) is 0 Å². The first-order valence-electron chi connectivity index (χ1n) is 19.5. The average molecular weight is 721 g/mol. The molecular weight excluding hydrogens is 681 g/mol. The predicted molar refractivity (Wildman–Crippen MR) is 232 cm³/mol. The van der Waals surface area contributed by atoms with Crippen LogP contribution in [-0.2, 0) is 10.8 Å². The van der Waals surface area contributed by atoms with E-state index in [9.17, 15) is 0 Å². The van der Waals surface area contributed by atoms with E-state index in [1.165, 1.54) is 44.5 Å². The smallest absolute Gasteiger partial charge is 0.227 e. The Bertz CT molecular complexity index is 2920. The molecule has 56 heavy (non-hydrogen) atoms. The molecule has 0 saturated carbocycles. The Hall–Kier alpha value is -6.71. The molecule has 1 heterocycles. The van der Waals surface area contributed by atoms with E-state index < -0.39 is 0 Å². The zero-order chi connectivity index (χ0) is 37.8. The molecule has 1 aromatic heterocycles. The fourth-order valence-electron chi connectivity index (χ4n) is 9.51. The van der Waals surface area contributed by atoms with Crippen LogP contribution < -0.4 is 4.90 Å². The molecule has 0 atom stereocenters. The Morgan fingerprint density at radius 2 is 0.964 bits per heavy atom. The Morgan fingerprint density at radius 3 is 1.59 bits per heavy atom. The third-order valence-corrected chi connectivity index (χ3v) is 12.5. The number of oxazole rings is 1. The van der Waals surface area contributed by atoms with E-state index in [0.29, 0.717) is 5.89 Å². The van der Waals surface area contributed by atoms with Crippen LogP contribution in [0.3, 0.4) is 0 Å². The number of anilines is 3. The van der Waals surface area contributed by atoms with Gasteiger partial charge in [0.1, 0.15) is 5.52 Å². The molecule has 3 nitrogen and oxygen atoms in total. The molecule has 8 aromatic carbocycles. The van der Waals surface area contributed by atoms with Crippen LogP contribution in [-0.4, -0.2) is 4.98 Å². The number of hydrogen-bond donors (Lipinski definition) is 0. The Balaban J connectivity index is 1.01. The van der Waals surface area contributed by atoms with Gasteiger partial charge in [0.15, 0.2) is 5.58 Å². The molecule has 0 aliphatic heterocycles. The molecule has 0 radical (unpaired) electrons. The normalized spacial score (nSPS) is 14.4. The predicted octanol–water partition coefficient (Wildman–Crippen LogP) is 14.4. The Labute approximate surface area is 327 Å². The van der Waals surface area contributed by atoms with E-state index in [2.05, 4.69) is 172 Å². The van der Waals surface area contributed by atoms with E-state index in [1.807, 2.05) is 30.3 Å². The molecule has 0 fully saturated rings. The number of benzene rings is 8. The van der Waals surface area contributed by atoms with Gasteiger partial charge in [-0.05, 0) is 128 Å². The van der Waals surface area contributed by atoms with Crippen molar-refractivity contribution >= 4 is 38.9 Å². The molecule has 0 unspecified atom stereocenters. The highest BCUT2D eigenvalue weighted by atomic mass is 16.3. The molecule has 9 aromatic rings. The molecular formula is C53H40N2O. The van der Waals surface area contributed by atoms with E-state index >= 15 is 0 Å².